The zero-order valence-corrected chi connectivity index (χ0v) is 40.1. The van der Waals surface area contributed by atoms with Crippen LogP contribution in [-0.4, -0.2) is 134 Å². The minimum Gasteiger partial charge on any atom is -0.343 e. The lowest BCUT2D eigenvalue weighted by Gasteiger charge is -2.22. The molecule has 27 nitrogen and oxygen atoms in total. The Bertz CT molecular complexity index is 2340. The highest BCUT2D eigenvalue weighted by Crippen LogP contribution is 2.34. The van der Waals surface area contributed by atoms with Crippen molar-refractivity contribution in [3.63, 3.8) is 0 Å². The maximum atomic E-state index is 13.6. The Morgan fingerprint density at radius 3 is 0.918 bits per heavy atom. The van der Waals surface area contributed by atoms with E-state index < -0.39 is 59.5 Å². The Morgan fingerprint density at radius 2 is 0.685 bits per heavy atom. The predicted molar refractivity (Wildman–Crippen MR) is 264 cm³/mol. The normalized spacial score (nSPS) is 12.3. The fourth-order valence-electron chi connectivity index (χ4n) is 7.75. The van der Waals surface area contributed by atoms with E-state index in [-0.39, 0.29) is 19.6 Å². The number of rotatable bonds is 30. The molecule has 386 valence electrons. The highest BCUT2D eigenvalue weighted by molar-refractivity contribution is 5.98. The first kappa shape index (κ1) is 53.9. The van der Waals surface area contributed by atoms with Crippen LogP contribution in [0.25, 0.3) is 0 Å². The van der Waals surface area contributed by atoms with Crippen molar-refractivity contribution in [2.45, 2.75) is 101 Å². The number of carbonyl (C=O) groups is 6. The third kappa shape index (κ3) is 17.4. The van der Waals surface area contributed by atoms with Crippen LogP contribution in [0.2, 0.25) is 0 Å². The van der Waals surface area contributed by atoms with E-state index in [2.05, 4.69) is 78.5 Å². The van der Waals surface area contributed by atoms with Crippen LogP contribution in [0.4, 0.5) is 17.1 Å². The van der Waals surface area contributed by atoms with E-state index >= 15 is 0 Å². The molecule has 0 bridgehead atoms. The molecule has 0 aliphatic carbocycles. The number of unbranched alkanes of at least 4 members (excludes halogenated alkanes) is 3. The van der Waals surface area contributed by atoms with Gasteiger partial charge in [0, 0.05) is 23.0 Å². The molecule has 12 N–H and O–H groups in total. The molecule has 0 saturated carbocycles. The van der Waals surface area contributed by atoms with E-state index in [9.17, 15) is 28.8 Å². The molecule has 6 rings (SSSR count). The standard InChI is InChI=1S/C46H61N21O6/c47-22-4-1-7-37(56-40(68)25-65-28-50-59-62-65)44(71)53-34-16-10-31(11-17-34)43(32-12-18-35(19-13-32)54-45(72)38(8-2-5-23-48)57-41(69)26-66-29-51-60-63-66)33-14-20-36(21-15-33)55-46(73)39(9-3-6-24-49)58-42(70)27-67-30-52-61-64-67/h10-21,28-30,37-39,43H,1-9,22-27,47-49H2,(H,53,71)(H,54,72)(H,55,73)(H,56,68)(H,57,69)(H,58,70)/t37-,38-,39-/m1/s1. The minimum absolute atomic E-state index is 0.166. The highest BCUT2D eigenvalue weighted by atomic mass is 16.2. The molecular weight excluding hydrogens is 943 g/mol. The fraction of sp³-hybridized carbons (Fsp3) is 0.413. The van der Waals surface area contributed by atoms with Crippen LogP contribution >= 0.6 is 0 Å². The van der Waals surface area contributed by atoms with E-state index in [4.69, 9.17) is 17.2 Å². The van der Waals surface area contributed by atoms with Crippen LogP contribution in [0.15, 0.2) is 91.8 Å². The Labute approximate surface area is 419 Å². The summed E-state index contributed by atoms with van der Waals surface area (Å²) in [6.45, 7) is 0.808. The minimum atomic E-state index is -0.856. The van der Waals surface area contributed by atoms with Gasteiger partial charge in [-0.3, -0.25) is 28.8 Å². The van der Waals surface area contributed by atoms with Crippen LogP contribution in [0.1, 0.15) is 80.4 Å². The monoisotopic (exact) mass is 1000 g/mol. The van der Waals surface area contributed by atoms with E-state index in [1.165, 1.54) is 33.0 Å². The van der Waals surface area contributed by atoms with Crippen molar-refractivity contribution in [2.24, 2.45) is 17.2 Å². The lowest BCUT2D eigenvalue weighted by atomic mass is 9.85. The van der Waals surface area contributed by atoms with Gasteiger partial charge < -0.3 is 49.1 Å². The van der Waals surface area contributed by atoms with E-state index in [1.807, 2.05) is 36.4 Å². The quantitative estimate of drug-likeness (QED) is 0.0204. The van der Waals surface area contributed by atoms with E-state index in [0.29, 0.717) is 94.5 Å². The fourth-order valence-corrected chi connectivity index (χ4v) is 7.75. The summed E-state index contributed by atoms with van der Waals surface area (Å²) in [7, 11) is 0. The molecule has 0 saturated heterocycles. The second kappa shape index (κ2) is 28.4. The second-order valence-corrected chi connectivity index (χ2v) is 17.0. The Morgan fingerprint density at radius 1 is 0.411 bits per heavy atom. The van der Waals surface area contributed by atoms with Gasteiger partial charge in [0.2, 0.25) is 35.4 Å². The van der Waals surface area contributed by atoms with E-state index in [1.54, 1.807) is 36.4 Å². The maximum absolute atomic E-state index is 13.6. The number of nitrogens with two attached hydrogens (primary N) is 3. The van der Waals surface area contributed by atoms with Gasteiger partial charge in [0.1, 0.15) is 56.7 Å². The molecule has 0 aliphatic heterocycles. The average molecular weight is 1000 g/mol. The number of amides is 6. The molecule has 3 aromatic heterocycles. The van der Waals surface area contributed by atoms with Gasteiger partial charge in [-0.15, -0.1) is 15.3 Å². The van der Waals surface area contributed by atoms with Crippen LogP contribution in [-0.2, 0) is 48.4 Å². The van der Waals surface area contributed by atoms with Crippen molar-refractivity contribution in [1.82, 2.24) is 76.6 Å². The molecule has 27 heteroatoms. The van der Waals surface area contributed by atoms with Crippen molar-refractivity contribution in [2.75, 3.05) is 35.6 Å². The lowest BCUT2D eigenvalue weighted by Crippen LogP contribution is -2.45. The molecule has 3 atom stereocenters. The SMILES string of the molecule is NCCCC[C@@H](NC(=O)Cn1cnnn1)C(=O)Nc1ccc(C(c2ccc(NC(=O)[C@@H](CCCCN)NC(=O)Cn3cnnn3)cc2)c2ccc(NC(=O)[C@@H](CCCCN)NC(=O)Cn3cnnn3)cc2)cc1. The number of hydrogen-bond acceptors (Lipinski definition) is 18. The molecule has 6 amide bonds. The van der Waals surface area contributed by atoms with Gasteiger partial charge in [-0.05, 0) is 162 Å². The average Bonchev–Trinajstić information content (AvgIpc) is 4.21. The Balaban J connectivity index is 1.21. The number of hydrogen-bond donors (Lipinski definition) is 9. The summed E-state index contributed by atoms with van der Waals surface area (Å²) in [5.41, 5.74) is 21.1. The van der Waals surface area contributed by atoms with Crippen molar-refractivity contribution in [3.05, 3.63) is 108 Å². The Kier molecular flexibility index (Phi) is 21.0. The molecular formula is C46H61N21O6. The molecule has 3 heterocycles. The summed E-state index contributed by atoms with van der Waals surface area (Å²) in [5, 5.41) is 49.6. The number of aromatic nitrogens is 12. The topological polar surface area (TPSA) is 383 Å². The first-order valence-electron chi connectivity index (χ1n) is 23.8. The van der Waals surface area contributed by atoms with Gasteiger partial charge in [-0.2, -0.15) is 0 Å². The molecule has 0 fully saturated rings. The summed E-state index contributed by atoms with van der Waals surface area (Å²) in [6.07, 6.45) is 8.79. The third-order valence-corrected chi connectivity index (χ3v) is 11.4. The first-order chi connectivity index (χ1) is 35.5. The second-order valence-electron chi connectivity index (χ2n) is 17.0. The lowest BCUT2D eigenvalue weighted by molar-refractivity contribution is -0.127. The summed E-state index contributed by atoms with van der Waals surface area (Å²) >= 11 is 0. The van der Waals surface area contributed by atoms with Crippen LogP contribution in [0.5, 0.6) is 0 Å². The summed E-state index contributed by atoms with van der Waals surface area (Å²) in [4.78, 5) is 79.5. The van der Waals surface area contributed by atoms with Gasteiger partial charge in [0.05, 0.1) is 0 Å². The van der Waals surface area contributed by atoms with Gasteiger partial charge in [-0.1, -0.05) is 36.4 Å². The van der Waals surface area contributed by atoms with Crippen LogP contribution in [0, 0.1) is 0 Å². The summed E-state index contributed by atoms with van der Waals surface area (Å²) < 4.78 is 3.76. The van der Waals surface area contributed by atoms with E-state index in [0.717, 1.165) is 16.7 Å². The van der Waals surface area contributed by atoms with Crippen molar-refractivity contribution in [3.8, 4) is 0 Å². The maximum Gasteiger partial charge on any atom is 0.246 e. The molecule has 73 heavy (non-hydrogen) atoms. The number of benzene rings is 3. The van der Waals surface area contributed by atoms with Crippen molar-refractivity contribution < 1.29 is 28.8 Å². The highest BCUT2D eigenvalue weighted by Gasteiger charge is 2.25. The number of nitrogens with zero attached hydrogens (tertiary/aromatic N) is 12. The smallest absolute Gasteiger partial charge is 0.246 e. The zero-order valence-electron chi connectivity index (χ0n) is 40.1. The zero-order chi connectivity index (χ0) is 51.8. The molecule has 0 aliphatic rings. The molecule has 0 unspecified atom stereocenters. The summed E-state index contributed by atoms with van der Waals surface area (Å²) in [6, 6.07) is 19.3. The number of anilines is 3. The van der Waals surface area contributed by atoms with Crippen molar-refractivity contribution >= 4 is 52.5 Å². The van der Waals surface area contributed by atoms with Crippen molar-refractivity contribution in [1.29, 1.82) is 0 Å². The van der Waals surface area contributed by atoms with Gasteiger partial charge in [-0.25, -0.2) is 14.0 Å². The molecule has 0 radical (unpaired) electrons. The van der Waals surface area contributed by atoms with Gasteiger partial charge >= 0.3 is 0 Å². The molecule has 3 aromatic carbocycles. The predicted octanol–water partition coefficient (Wildman–Crippen LogP) is -0.416. The number of carbonyl (C=O) groups excluding carboxylic acids is 6. The number of nitrogens with one attached hydrogen (secondary N) is 6. The summed E-state index contributed by atoms with van der Waals surface area (Å²) in [5.74, 6) is -2.96. The van der Waals surface area contributed by atoms with Crippen LogP contribution in [0.3, 0.4) is 0 Å². The largest absolute Gasteiger partial charge is 0.343 e. The molecule has 6 aromatic rings. The van der Waals surface area contributed by atoms with Gasteiger partial charge in [0.15, 0.2) is 0 Å². The van der Waals surface area contributed by atoms with Gasteiger partial charge in [0.25, 0.3) is 0 Å². The van der Waals surface area contributed by atoms with Crippen LogP contribution < -0.4 is 49.1 Å². The Hall–Kier alpha value is -8.43. The first-order valence-corrected chi connectivity index (χ1v) is 23.8. The molecule has 0 spiro atoms. The third-order valence-electron chi connectivity index (χ3n) is 11.4. The number of tetrazole rings is 3.